The Balaban J connectivity index is 4.76. The topological polar surface area (TPSA) is 52.6 Å². The van der Waals surface area contributed by atoms with Crippen LogP contribution in [0.2, 0.25) is 0 Å². The van der Waals surface area contributed by atoms with Gasteiger partial charge in [-0.05, 0) is 51.7 Å². The number of carbonyl (C=O) groups is 2. The van der Waals surface area contributed by atoms with Crippen molar-refractivity contribution in [2.24, 2.45) is 10.8 Å². The predicted molar refractivity (Wildman–Crippen MR) is 94.8 cm³/mol. The van der Waals surface area contributed by atoms with E-state index < -0.39 is 16.3 Å². The maximum Gasteiger partial charge on any atom is 0.312 e. The number of thioether (sulfide) groups is 1. The molecule has 0 aliphatic carbocycles. The van der Waals surface area contributed by atoms with Crippen LogP contribution < -0.4 is 0 Å². The van der Waals surface area contributed by atoms with Crippen LogP contribution in [0.4, 0.5) is 0 Å². The van der Waals surface area contributed by atoms with Crippen molar-refractivity contribution in [2.45, 2.75) is 66.7 Å². The zero-order valence-corrected chi connectivity index (χ0v) is 16.3. The second-order valence-electron chi connectivity index (χ2n) is 7.10. The lowest BCUT2D eigenvalue weighted by molar-refractivity contribution is -0.155. The largest absolute Gasteiger partial charge is 0.479 e. The van der Waals surface area contributed by atoms with E-state index in [2.05, 4.69) is 0 Å². The molecular weight excluding hydrogens is 320 g/mol. The molecule has 0 bridgehead atoms. The van der Waals surface area contributed by atoms with E-state index in [1.807, 2.05) is 27.7 Å². The standard InChI is InChI=1S/C16H28O4S2/c1-8-19-14(21)22-12(20-13(18)16(5,6)7)10-9-11(17)15(2,3)4/h12H,8-10H2,1-7H3. The number of carbonyl (C=O) groups excluding carboxylic acids is 2. The minimum absolute atomic E-state index is 0.132. The van der Waals surface area contributed by atoms with Gasteiger partial charge in [0.1, 0.15) is 5.78 Å². The van der Waals surface area contributed by atoms with Crippen molar-refractivity contribution in [3.8, 4) is 0 Å². The summed E-state index contributed by atoms with van der Waals surface area (Å²) in [5, 5.41) is 0. The summed E-state index contributed by atoms with van der Waals surface area (Å²) in [5.74, 6) is -0.181. The van der Waals surface area contributed by atoms with Crippen LogP contribution in [0.15, 0.2) is 0 Å². The van der Waals surface area contributed by atoms with Gasteiger partial charge in [-0.25, -0.2) is 0 Å². The lowest BCUT2D eigenvalue weighted by atomic mass is 9.88. The van der Waals surface area contributed by atoms with Gasteiger partial charge in [0, 0.05) is 18.3 Å². The van der Waals surface area contributed by atoms with Gasteiger partial charge in [0.15, 0.2) is 5.44 Å². The van der Waals surface area contributed by atoms with Crippen LogP contribution in [0.1, 0.15) is 61.3 Å². The summed E-state index contributed by atoms with van der Waals surface area (Å²) >= 11 is 6.27. The molecule has 0 spiro atoms. The van der Waals surface area contributed by atoms with Crippen LogP contribution >= 0.6 is 24.0 Å². The molecule has 1 atom stereocenters. The molecule has 1 unspecified atom stereocenters. The highest BCUT2D eigenvalue weighted by Gasteiger charge is 2.29. The Morgan fingerprint density at radius 3 is 2.05 bits per heavy atom. The molecule has 4 nitrogen and oxygen atoms in total. The van der Waals surface area contributed by atoms with Crippen molar-refractivity contribution in [2.75, 3.05) is 6.61 Å². The number of Topliss-reactive ketones (excluding diaryl/α,β-unsaturated/α-hetero) is 1. The van der Waals surface area contributed by atoms with Gasteiger partial charge in [0.2, 0.25) is 4.38 Å². The molecule has 0 saturated heterocycles. The number of ether oxygens (including phenoxy) is 2. The zero-order chi connectivity index (χ0) is 17.6. The van der Waals surface area contributed by atoms with Gasteiger partial charge in [-0.3, -0.25) is 9.59 Å². The van der Waals surface area contributed by atoms with Crippen LogP contribution in [-0.2, 0) is 19.1 Å². The van der Waals surface area contributed by atoms with E-state index in [0.717, 1.165) is 0 Å². The van der Waals surface area contributed by atoms with E-state index in [4.69, 9.17) is 21.7 Å². The Morgan fingerprint density at radius 2 is 1.64 bits per heavy atom. The first-order chi connectivity index (χ1) is 9.87. The molecule has 6 heteroatoms. The van der Waals surface area contributed by atoms with Crippen molar-refractivity contribution in [1.82, 2.24) is 0 Å². The Hall–Kier alpha value is -0.620. The van der Waals surface area contributed by atoms with E-state index in [9.17, 15) is 9.59 Å². The molecule has 0 aromatic rings. The predicted octanol–water partition coefficient (Wildman–Crippen LogP) is 4.35. The molecule has 0 N–H and O–H groups in total. The first kappa shape index (κ1) is 21.4. The molecule has 0 aromatic carbocycles. The van der Waals surface area contributed by atoms with Crippen molar-refractivity contribution in [3.05, 3.63) is 0 Å². The summed E-state index contributed by atoms with van der Waals surface area (Å²) in [6, 6.07) is 0. The van der Waals surface area contributed by atoms with Gasteiger partial charge in [-0.2, -0.15) is 0 Å². The number of ketones is 1. The second kappa shape index (κ2) is 8.87. The molecule has 0 amide bonds. The zero-order valence-electron chi connectivity index (χ0n) is 14.6. The van der Waals surface area contributed by atoms with Crippen molar-refractivity contribution >= 4 is 40.1 Å². The van der Waals surface area contributed by atoms with E-state index in [-0.39, 0.29) is 11.8 Å². The fourth-order valence-electron chi connectivity index (χ4n) is 1.32. The number of thiocarbonyl (C=S) groups is 1. The summed E-state index contributed by atoms with van der Waals surface area (Å²) in [6.45, 7) is 13.3. The smallest absolute Gasteiger partial charge is 0.312 e. The summed E-state index contributed by atoms with van der Waals surface area (Å²) in [6.07, 6.45) is 0.767. The maximum absolute atomic E-state index is 12.1. The van der Waals surface area contributed by atoms with Gasteiger partial charge >= 0.3 is 5.97 Å². The van der Waals surface area contributed by atoms with Crippen molar-refractivity contribution in [3.63, 3.8) is 0 Å². The van der Waals surface area contributed by atoms with E-state index in [1.165, 1.54) is 11.8 Å². The summed E-state index contributed by atoms with van der Waals surface area (Å²) in [5.41, 5.74) is -1.50. The molecule has 0 radical (unpaired) electrons. The quantitative estimate of drug-likeness (QED) is 0.404. The average Bonchev–Trinajstić information content (AvgIpc) is 2.33. The highest BCUT2D eigenvalue weighted by Crippen LogP contribution is 2.27. The lowest BCUT2D eigenvalue weighted by Crippen LogP contribution is -2.29. The molecule has 0 heterocycles. The van der Waals surface area contributed by atoms with E-state index in [1.54, 1.807) is 20.8 Å². The second-order valence-corrected chi connectivity index (χ2v) is 8.86. The molecule has 0 rings (SSSR count). The minimum Gasteiger partial charge on any atom is -0.479 e. The highest BCUT2D eigenvalue weighted by atomic mass is 32.2. The van der Waals surface area contributed by atoms with Crippen LogP contribution in [0.3, 0.4) is 0 Å². The van der Waals surface area contributed by atoms with E-state index in [0.29, 0.717) is 23.8 Å². The lowest BCUT2D eigenvalue weighted by Gasteiger charge is -2.24. The third kappa shape index (κ3) is 8.73. The Labute approximate surface area is 143 Å². The third-order valence-electron chi connectivity index (χ3n) is 2.78. The molecule has 0 aliphatic rings. The minimum atomic E-state index is -0.597. The van der Waals surface area contributed by atoms with Crippen LogP contribution in [0.5, 0.6) is 0 Å². The van der Waals surface area contributed by atoms with E-state index >= 15 is 0 Å². The Bertz CT molecular complexity index is 405. The third-order valence-corrected chi connectivity index (χ3v) is 4.10. The number of hydrogen-bond donors (Lipinski definition) is 0. The average molecular weight is 349 g/mol. The SMILES string of the molecule is CCOC(=S)SC(CCC(=O)C(C)(C)C)OC(=O)C(C)(C)C. The molecule has 22 heavy (non-hydrogen) atoms. The van der Waals surface area contributed by atoms with Crippen molar-refractivity contribution in [1.29, 1.82) is 0 Å². The van der Waals surface area contributed by atoms with Gasteiger partial charge in [-0.15, -0.1) is 0 Å². The summed E-state index contributed by atoms with van der Waals surface area (Å²) in [4.78, 5) is 24.1. The molecule has 128 valence electrons. The highest BCUT2D eigenvalue weighted by molar-refractivity contribution is 8.22. The first-order valence-corrected chi connectivity index (χ1v) is 8.74. The Kier molecular flexibility index (Phi) is 8.62. The van der Waals surface area contributed by atoms with Gasteiger partial charge < -0.3 is 9.47 Å². The molecular formula is C16H28O4S2. The summed E-state index contributed by atoms with van der Waals surface area (Å²) in [7, 11) is 0. The monoisotopic (exact) mass is 348 g/mol. The Morgan fingerprint density at radius 1 is 1.09 bits per heavy atom. The van der Waals surface area contributed by atoms with Crippen LogP contribution in [0, 0.1) is 10.8 Å². The van der Waals surface area contributed by atoms with Gasteiger partial charge in [0.25, 0.3) is 0 Å². The number of esters is 1. The van der Waals surface area contributed by atoms with Crippen molar-refractivity contribution < 1.29 is 19.1 Å². The molecule has 0 aromatic heterocycles. The fourth-order valence-corrected chi connectivity index (χ4v) is 2.53. The van der Waals surface area contributed by atoms with Crippen LogP contribution in [0.25, 0.3) is 0 Å². The fraction of sp³-hybridized carbons (Fsp3) is 0.812. The first-order valence-electron chi connectivity index (χ1n) is 7.45. The normalized spacial score (nSPS) is 13.4. The molecule has 0 saturated carbocycles. The summed E-state index contributed by atoms with van der Waals surface area (Å²) < 4.78 is 11.1. The number of rotatable bonds is 6. The molecule has 0 fully saturated rings. The van der Waals surface area contributed by atoms with Gasteiger partial charge in [0.05, 0.1) is 12.0 Å². The van der Waals surface area contributed by atoms with Gasteiger partial charge in [-0.1, -0.05) is 20.8 Å². The maximum atomic E-state index is 12.1. The van der Waals surface area contributed by atoms with Crippen LogP contribution in [-0.4, -0.2) is 28.2 Å². The molecule has 0 aliphatic heterocycles. The number of hydrogen-bond acceptors (Lipinski definition) is 6.